The summed E-state index contributed by atoms with van der Waals surface area (Å²) in [6.07, 6.45) is 0. The predicted molar refractivity (Wildman–Crippen MR) is 74.8 cm³/mol. The molecule has 21 heavy (non-hydrogen) atoms. The van der Waals surface area contributed by atoms with E-state index in [9.17, 15) is 33.7 Å². The molecule has 0 bridgehead atoms. The maximum absolute atomic E-state index is 10.6. The first-order valence-corrected chi connectivity index (χ1v) is 12.3. The molecule has 0 spiro atoms. The van der Waals surface area contributed by atoms with E-state index in [1.165, 1.54) is 0 Å². The SMILES string of the molecule is O=[S](=O)(O)[Cu]([S](=O)(=O)O)([S](=O)(=O)O)[S](=O)(=O)O.[NaH].[NaH].[NaH].[NaH]. The minimum absolute atomic E-state index is 0. The van der Waals surface area contributed by atoms with Gasteiger partial charge in [0.1, 0.15) is 0 Å². The van der Waals surface area contributed by atoms with Crippen LogP contribution in [0.4, 0.5) is 0 Å². The Labute approximate surface area is 208 Å². The Morgan fingerprint density at radius 2 is 0.524 bits per heavy atom. The molecule has 0 saturated carbocycles. The zero-order chi connectivity index (χ0) is 14.5. The van der Waals surface area contributed by atoms with Crippen molar-refractivity contribution in [1.82, 2.24) is 0 Å². The van der Waals surface area contributed by atoms with Crippen molar-refractivity contribution in [3.63, 3.8) is 0 Å². The minimum atomic E-state index is -6.68. The normalized spacial score (nSPS) is 13.5. The van der Waals surface area contributed by atoms with E-state index in [0.29, 0.717) is 0 Å². The van der Waals surface area contributed by atoms with Gasteiger partial charge >= 0.3 is 213 Å². The molecule has 0 aromatic heterocycles. The monoisotopic (exact) mass is 483 g/mol. The van der Waals surface area contributed by atoms with Crippen molar-refractivity contribution in [2.75, 3.05) is 0 Å². The van der Waals surface area contributed by atoms with E-state index in [-0.39, 0.29) is 118 Å². The summed E-state index contributed by atoms with van der Waals surface area (Å²) >= 11 is 0. The van der Waals surface area contributed by atoms with Crippen LogP contribution < -0.4 is 0 Å². The van der Waals surface area contributed by atoms with Gasteiger partial charge in [0.25, 0.3) is 0 Å². The molecule has 0 atom stereocenters. The summed E-state index contributed by atoms with van der Waals surface area (Å²) in [6.45, 7) is 0. The third-order valence-electron chi connectivity index (χ3n) is 0.762. The zero-order valence-electron chi connectivity index (χ0n) is 6.99. The quantitative estimate of drug-likeness (QED) is 0.218. The Morgan fingerprint density at radius 1 is 0.429 bits per heavy atom. The van der Waals surface area contributed by atoms with E-state index < -0.39 is 42.5 Å². The van der Waals surface area contributed by atoms with Gasteiger partial charge in [0.15, 0.2) is 0 Å². The average Bonchev–Trinajstić information content (AvgIpc) is 1.67. The molecule has 0 saturated heterocycles. The van der Waals surface area contributed by atoms with Gasteiger partial charge < -0.3 is 0 Å². The fraction of sp³-hybridized carbons (Fsp3) is 0. The Bertz CT molecular complexity index is 592. The van der Waals surface area contributed by atoms with Gasteiger partial charge in [0, 0.05) is 0 Å². The summed E-state index contributed by atoms with van der Waals surface area (Å²) in [5.41, 5.74) is 0. The molecule has 0 aromatic carbocycles. The van der Waals surface area contributed by atoms with Crippen LogP contribution in [0.25, 0.3) is 0 Å². The molecule has 0 heterocycles. The Hall–Kier alpha value is 4.16. The number of hydrogen-bond acceptors (Lipinski definition) is 8. The van der Waals surface area contributed by atoms with E-state index in [2.05, 4.69) is 0 Å². The molecule has 0 aliphatic heterocycles. The second kappa shape index (κ2) is 11.1. The van der Waals surface area contributed by atoms with Crippen LogP contribution in [0.1, 0.15) is 0 Å². The van der Waals surface area contributed by atoms with Crippen molar-refractivity contribution in [1.29, 1.82) is 0 Å². The molecule has 119 valence electrons. The van der Waals surface area contributed by atoms with E-state index in [4.69, 9.17) is 18.2 Å². The van der Waals surface area contributed by atoms with Crippen molar-refractivity contribution in [3.8, 4) is 0 Å². The van der Waals surface area contributed by atoms with Gasteiger partial charge in [-0.2, -0.15) is 0 Å². The molecule has 0 aliphatic carbocycles. The first kappa shape index (κ1) is 36.1. The summed E-state index contributed by atoms with van der Waals surface area (Å²) in [4.78, 5) is 0. The van der Waals surface area contributed by atoms with Crippen LogP contribution in [-0.2, 0) is 42.5 Å². The van der Waals surface area contributed by atoms with Crippen molar-refractivity contribution in [3.05, 3.63) is 0 Å². The molecular weight excluding hydrogens is 476 g/mol. The first-order chi connectivity index (χ1) is 7.00. The van der Waals surface area contributed by atoms with Gasteiger partial charge in [-0.3, -0.25) is 0 Å². The second-order valence-electron chi connectivity index (χ2n) is 1.79. The molecule has 0 unspecified atom stereocenters. The van der Waals surface area contributed by atoms with E-state index in [1.54, 1.807) is 0 Å². The third-order valence-corrected chi connectivity index (χ3v) is 28.3. The van der Waals surface area contributed by atoms with Crippen LogP contribution in [0.5, 0.6) is 0 Å². The van der Waals surface area contributed by atoms with Crippen molar-refractivity contribution < 1.29 is 60.2 Å². The molecule has 0 aliphatic rings. The van der Waals surface area contributed by atoms with Gasteiger partial charge in [-0.15, -0.1) is 0 Å². The van der Waals surface area contributed by atoms with Crippen LogP contribution in [0.3, 0.4) is 0 Å². The third kappa shape index (κ3) is 7.36. The van der Waals surface area contributed by atoms with Gasteiger partial charge in [0.05, 0.1) is 0 Å². The van der Waals surface area contributed by atoms with Gasteiger partial charge in [-0.25, -0.2) is 0 Å². The predicted octanol–water partition coefficient (Wildman–Crippen LogP) is -5.24. The van der Waals surface area contributed by atoms with Crippen LogP contribution >= 0.6 is 0 Å². The maximum atomic E-state index is 10.6. The Balaban J connectivity index is -0.000000213. The van der Waals surface area contributed by atoms with Gasteiger partial charge in [-0.05, 0) is 0 Å². The van der Waals surface area contributed by atoms with Gasteiger partial charge in [-0.1, -0.05) is 0 Å². The molecule has 0 aromatic rings. The Morgan fingerprint density at radius 3 is 0.524 bits per heavy atom. The van der Waals surface area contributed by atoms with E-state index >= 15 is 0 Å². The molecular formula is H8CuNa4O12S4. The van der Waals surface area contributed by atoms with E-state index in [0.717, 1.165) is 0 Å². The summed E-state index contributed by atoms with van der Waals surface area (Å²) < 4.78 is 118. The van der Waals surface area contributed by atoms with Crippen LogP contribution in [-0.4, -0.2) is 170 Å². The molecule has 21 heteroatoms. The fourth-order valence-electron chi connectivity index (χ4n) is 0.482. The van der Waals surface area contributed by atoms with Crippen LogP contribution in [0.2, 0.25) is 0 Å². The van der Waals surface area contributed by atoms with E-state index in [1.807, 2.05) is 0 Å². The van der Waals surface area contributed by atoms with Crippen molar-refractivity contribution in [2.24, 2.45) is 0 Å². The molecule has 0 amide bonds. The molecule has 0 fully saturated rings. The second-order valence-corrected chi connectivity index (χ2v) is 21.5. The Kier molecular flexibility index (Phi) is 19.1. The fourth-order valence-corrected chi connectivity index (χ4v) is 17.9. The summed E-state index contributed by atoms with van der Waals surface area (Å²) in [5, 5.41) is 0. The standard InChI is InChI=1S/Cu.4Na.4HO3S.4H/c;;;;;4*1-4(2)3;;;;/h;;;;;4*(H,1,2,3);;;;. The van der Waals surface area contributed by atoms with Gasteiger partial charge in [0.2, 0.25) is 0 Å². The van der Waals surface area contributed by atoms with Crippen molar-refractivity contribution >= 4 is 152 Å². The number of hydrogen-bond donors (Lipinski definition) is 4. The molecule has 4 N–H and O–H groups in total. The average molecular weight is 484 g/mol. The zero-order valence-corrected chi connectivity index (χ0v) is 11.2. The summed E-state index contributed by atoms with van der Waals surface area (Å²) in [7, 11) is -33.2. The summed E-state index contributed by atoms with van der Waals surface area (Å²) in [5.74, 6) is 0. The number of rotatable bonds is 4. The van der Waals surface area contributed by atoms with Crippen LogP contribution in [0, 0.1) is 0 Å². The van der Waals surface area contributed by atoms with Crippen LogP contribution in [0.15, 0.2) is 0 Å². The van der Waals surface area contributed by atoms with Crippen molar-refractivity contribution in [2.45, 2.75) is 0 Å². The topological polar surface area (TPSA) is 217 Å². The molecule has 12 nitrogen and oxygen atoms in total. The molecule has 0 radical (unpaired) electrons. The first-order valence-electron chi connectivity index (χ1n) is 2.56. The summed E-state index contributed by atoms with van der Waals surface area (Å²) in [6, 6.07) is 0. The molecule has 0 rings (SSSR count).